The Morgan fingerprint density at radius 2 is 2.03 bits per heavy atom. The number of para-hydroxylation sites is 1. The average Bonchev–Trinajstić information content (AvgIpc) is 3.08. The highest BCUT2D eigenvalue weighted by molar-refractivity contribution is 7.36. The number of carbonyl (C=O) groups excluding carboxylic acids is 1. The number of halogens is 2. The first-order valence-corrected chi connectivity index (χ1v) is 11.9. The molecule has 0 saturated carbocycles. The zero-order valence-electron chi connectivity index (χ0n) is 19.3. The number of alkyl halides is 2. The Labute approximate surface area is 204 Å². The van der Waals surface area contributed by atoms with Crippen LogP contribution in [0.4, 0.5) is 8.78 Å². The van der Waals surface area contributed by atoms with Crippen molar-refractivity contribution in [3.05, 3.63) is 63.4 Å². The summed E-state index contributed by atoms with van der Waals surface area (Å²) in [6.45, 7) is 0.221. The van der Waals surface area contributed by atoms with Crippen LogP contribution >= 0.6 is 8.18 Å². The number of nitrogens with one attached hydrogen (secondary N) is 1. The van der Waals surface area contributed by atoms with Crippen LogP contribution < -0.4 is 16.1 Å². The van der Waals surface area contributed by atoms with Crippen LogP contribution in [-0.2, 0) is 23.4 Å². The highest BCUT2D eigenvalue weighted by Gasteiger charge is 2.56. The number of aromatic nitrogens is 2. The van der Waals surface area contributed by atoms with Crippen molar-refractivity contribution in [2.75, 3.05) is 19.9 Å². The number of hydrogen-bond donors (Lipinski definition) is 2. The fraction of sp³-hybridized carbons (Fsp3) is 0.476. The zero-order valence-corrected chi connectivity index (χ0v) is 20.2. The molecule has 0 aliphatic carbocycles. The van der Waals surface area contributed by atoms with E-state index >= 15 is 4.39 Å². The first-order valence-electron chi connectivity index (χ1n) is 10.7. The monoisotopic (exact) mass is 532 g/mol. The van der Waals surface area contributed by atoms with E-state index in [1.165, 1.54) is 19.1 Å². The van der Waals surface area contributed by atoms with Gasteiger partial charge in [0, 0.05) is 12.3 Å². The summed E-state index contributed by atoms with van der Waals surface area (Å²) in [6, 6.07) is 7.64. The van der Waals surface area contributed by atoms with Gasteiger partial charge in [0.1, 0.15) is 36.9 Å². The molecule has 6 atom stereocenters. The van der Waals surface area contributed by atoms with Gasteiger partial charge in [0.25, 0.3) is 5.56 Å². The van der Waals surface area contributed by atoms with Gasteiger partial charge in [-0.3, -0.25) is 19.1 Å². The smallest absolute Gasteiger partial charge is 0.462 e. The Morgan fingerprint density at radius 3 is 2.67 bits per heavy atom. The molecule has 0 spiro atoms. The largest absolute Gasteiger partial charge is 0.653 e. The Bertz CT molecular complexity index is 1180. The molecule has 2 aromatic rings. The Kier molecular flexibility index (Phi) is 9.03. The van der Waals surface area contributed by atoms with E-state index in [2.05, 4.69) is 0 Å². The molecule has 15 heteroatoms. The first kappa shape index (κ1) is 27.6. The van der Waals surface area contributed by atoms with Crippen molar-refractivity contribution in [3.63, 3.8) is 0 Å². The topological polar surface area (TPSA) is 149 Å². The molecule has 0 bridgehead atoms. The third kappa shape index (κ3) is 6.20. The van der Waals surface area contributed by atoms with Crippen LogP contribution in [0.1, 0.15) is 20.1 Å². The fourth-order valence-electron chi connectivity index (χ4n) is 3.35. The Balaban J connectivity index is 1.74. The standard InChI is InChI=1S/C21H24F2N3O9P/c1-13(18(29)32-11-9-22)26(35-14-6-4-3-5-7-14)36(31)33-12-15-17(28)21(2,23)19(34-15)25-10-8-16(27)24-20(25)30/h3-8,10,13,15,17,19,28H,9,11-12H2,1-2H3/p+1/t13?,15-,17-,19-,21-/m1/s1. The minimum absolute atomic E-state index is 0.195. The molecule has 2 unspecified atom stereocenters. The minimum atomic E-state index is -2.96. The minimum Gasteiger partial charge on any atom is -0.462 e. The van der Waals surface area contributed by atoms with Gasteiger partial charge in [-0.05, 0) is 30.5 Å². The third-order valence-corrected chi connectivity index (χ3v) is 6.39. The summed E-state index contributed by atoms with van der Waals surface area (Å²) in [6.07, 6.45) is -3.83. The molecule has 1 fully saturated rings. The van der Waals surface area contributed by atoms with E-state index in [1.54, 1.807) is 18.2 Å². The number of nitrogens with zero attached hydrogens (tertiary/aromatic N) is 2. The number of H-pyrrole nitrogens is 1. The number of aliphatic hydroxyl groups excluding tert-OH is 1. The third-order valence-electron chi connectivity index (χ3n) is 5.27. The van der Waals surface area contributed by atoms with Gasteiger partial charge in [0.05, 0.1) is 0 Å². The van der Waals surface area contributed by atoms with Crippen molar-refractivity contribution in [1.82, 2.24) is 14.4 Å². The maximum atomic E-state index is 15.3. The molecule has 1 aliphatic heterocycles. The average molecular weight is 532 g/mol. The summed E-state index contributed by atoms with van der Waals surface area (Å²) in [7, 11) is -2.96. The van der Waals surface area contributed by atoms with E-state index < -0.39 is 75.4 Å². The number of aliphatic hydroxyl groups is 1. The van der Waals surface area contributed by atoms with Crippen molar-refractivity contribution < 1.29 is 42.1 Å². The number of aromatic amines is 1. The molecule has 1 saturated heterocycles. The second-order valence-corrected chi connectivity index (χ2v) is 9.04. The summed E-state index contributed by atoms with van der Waals surface area (Å²) in [5.41, 5.74) is -4.16. The second kappa shape index (κ2) is 11.8. The van der Waals surface area contributed by atoms with E-state index in [9.17, 15) is 28.4 Å². The SMILES string of the molecule is CC(C(=O)OCCF)N(Oc1ccccc1)[P+](=O)OC[C@H]1O[C@@H](n2ccc(=O)[nH]c2=O)[C@](C)(F)[C@@H]1O. The molecule has 196 valence electrons. The molecule has 0 radical (unpaired) electrons. The van der Waals surface area contributed by atoms with Crippen molar-refractivity contribution >= 4 is 14.1 Å². The van der Waals surface area contributed by atoms with Gasteiger partial charge in [0.2, 0.25) is 0 Å². The van der Waals surface area contributed by atoms with Gasteiger partial charge in [-0.25, -0.2) is 13.6 Å². The molecule has 2 N–H and O–H groups in total. The van der Waals surface area contributed by atoms with Crippen molar-refractivity contribution in [1.29, 1.82) is 0 Å². The Hall–Kier alpha value is -3.03. The van der Waals surface area contributed by atoms with Crippen molar-refractivity contribution in [2.45, 2.75) is 44.0 Å². The van der Waals surface area contributed by atoms with E-state index in [4.69, 9.17) is 18.8 Å². The molecule has 1 aromatic heterocycles. The molecule has 0 amide bonds. The predicted molar refractivity (Wildman–Crippen MR) is 120 cm³/mol. The highest BCUT2D eigenvalue weighted by Crippen LogP contribution is 2.42. The number of hydroxylamine groups is 1. The van der Waals surface area contributed by atoms with Crippen LogP contribution in [-0.4, -0.2) is 69.3 Å². The lowest BCUT2D eigenvalue weighted by Gasteiger charge is -2.24. The lowest BCUT2D eigenvalue weighted by molar-refractivity contribution is -0.155. The summed E-state index contributed by atoms with van der Waals surface area (Å²) in [4.78, 5) is 43.8. The van der Waals surface area contributed by atoms with E-state index in [-0.39, 0.29) is 5.75 Å². The molecule has 3 rings (SSSR count). The maximum Gasteiger partial charge on any atom is 0.653 e. The van der Waals surface area contributed by atoms with Gasteiger partial charge in [0.15, 0.2) is 23.7 Å². The van der Waals surface area contributed by atoms with Gasteiger partial charge in [-0.15, -0.1) is 4.52 Å². The number of ether oxygens (including phenoxy) is 2. The second-order valence-electron chi connectivity index (χ2n) is 7.91. The van der Waals surface area contributed by atoms with Crippen LogP contribution in [0.5, 0.6) is 5.75 Å². The normalized spacial score (nSPS) is 24.9. The van der Waals surface area contributed by atoms with E-state index in [0.29, 0.717) is 4.83 Å². The summed E-state index contributed by atoms with van der Waals surface area (Å²) in [5, 5.41) is 10.5. The molecule has 2 heterocycles. The fourth-order valence-corrected chi connectivity index (χ4v) is 4.28. The van der Waals surface area contributed by atoms with Crippen molar-refractivity contribution in [3.8, 4) is 5.75 Å². The lowest BCUT2D eigenvalue weighted by Crippen LogP contribution is -2.43. The number of esters is 1. The number of hydrogen-bond acceptors (Lipinski definition) is 9. The first-order chi connectivity index (χ1) is 17.1. The van der Waals surface area contributed by atoms with Gasteiger partial charge in [-0.2, -0.15) is 0 Å². The van der Waals surface area contributed by atoms with Crippen LogP contribution in [0.15, 0.2) is 52.2 Å². The maximum absolute atomic E-state index is 15.3. The Morgan fingerprint density at radius 1 is 1.33 bits per heavy atom. The number of benzene rings is 1. The highest BCUT2D eigenvalue weighted by atomic mass is 31.1. The molecule has 36 heavy (non-hydrogen) atoms. The quantitative estimate of drug-likeness (QED) is 0.247. The summed E-state index contributed by atoms with van der Waals surface area (Å²) < 4.78 is 56.9. The molecule has 12 nitrogen and oxygen atoms in total. The van der Waals surface area contributed by atoms with Crippen molar-refractivity contribution in [2.24, 2.45) is 0 Å². The van der Waals surface area contributed by atoms with Crippen LogP contribution in [0.2, 0.25) is 0 Å². The van der Waals surface area contributed by atoms with E-state index in [1.807, 2.05) is 4.98 Å². The van der Waals surface area contributed by atoms with Crippen LogP contribution in [0.3, 0.4) is 0 Å². The molecular weight excluding hydrogens is 507 g/mol. The number of carbonyl (C=O) groups is 1. The van der Waals surface area contributed by atoms with Crippen LogP contribution in [0.25, 0.3) is 0 Å². The summed E-state index contributed by atoms with van der Waals surface area (Å²) in [5.74, 6) is -0.748. The van der Waals surface area contributed by atoms with E-state index in [0.717, 1.165) is 23.8 Å². The van der Waals surface area contributed by atoms with Gasteiger partial charge < -0.3 is 19.4 Å². The summed E-state index contributed by atoms with van der Waals surface area (Å²) >= 11 is 0. The van der Waals surface area contributed by atoms with Gasteiger partial charge >= 0.3 is 19.8 Å². The predicted octanol–water partition coefficient (Wildman–Crippen LogP) is 1.39. The zero-order chi connectivity index (χ0) is 26.5. The number of rotatable bonds is 11. The molecule has 1 aromatic carbocycles. The lowest BCUT2D eigenvalue weighted by atomic mass is 9.98. The van der Waals surface area contributed by atoms with Gasteiger partial charge in [-0.1, -0.05) is 18.2 Å². The molecule has 1 aliphatic rings. The molecular formula is C21H25F2N3O9P+. The van der Waals surface area contributed by atoms with Crippen LogP contribution in [0, 0.1) is 0 Å².